The van der Waals surface area contributed by atoms with Gasteiger partial charge in [-0.2, -0.15) is 0 Å². The quantitative estimate of drug-likeness (QED) is 0.144. The van der Waals surface area contributed by atoms with Crippen molar-refractivity contribution >= 4 is 14.1 Å². The Morgan fingerprint density at radius 2 is 1.67 bits per heavy atom. The molecule has 0 aliphatic carbocycles. The van der Waals surface area contributed by atoms with Gasteiger partial charge in [-0.15, -0.1) is 0 Å². The van der Waals surface area contributed by atoms with Crippen molar-refractivity contribution in [2.75, 3.05) is 19.8 Å². The van der Waals surface area contributed by atoms with Gasteiger partial charge in [-0.05, 0) is 0 Å². The summed E-state index contributed by atoms with van der Waals surface area (Å²) >= 11 is 0. The van der Waals surface area contributed by atoms with Crippen LogP contribution in [0.4, 0.5) is 0 Å². The van der Waals surface area contributed by atoms with Gasteiger partial charge >= 0.3 is 7.82 Å². The van der Waals surface area contributed by atoms with Crippen molar-refractivity contribution in [2.24, 2.45) is 0 Å². The Morgan fingerprint density at radius 3 is 2.05 bits per heavy atom. The van der Waals surface area contributed by atoms with E-state index in [1.54, 1.807) is 0 Å². The normalized spacial score (nSPS) is 19.6. The van der Waals surface area contributed by atoms with Crippen LogP contribution in [0, 0.1) is 0 Å². The standard InChI is InChI=1S/C9H19O11P/c10-1-5(13)4-19-7(3-12)9(20-21(16,17)18)8(15)6(14)2-11/h3,5-11,13-15H,1-2,4H2,(H2,16,17,18)/t5?,6-,7+,8+,9-/m1/s1. The summed E-state index contributed by atoms with van der Waals surface area (Å²) in [6.45, 7) is -2.26. The molecule has 0 spiro atoms. The lowest BCUT2D eigenvalue weighted by Crippen LogP contribution is -2.49. The van der Waals surface area contributed by atoms with Crippen molar-refractivity contribution in [3.05, 3.63) is 0 Å². The van der Waals surface area contributed by atoms with E-state index in [1.165, 1.54) is 0 Å². The van der Waals surface area contributed by atoms with E-state index < -0.39 is 58.2 Å². The lowest BCUT2D eigenvalue weighted by molar-refractivity contribution is -0.149. The SMILES string of the molecule is O=C[C@H](OCC(O)CO)[C@@H](OP(=O)(O)O)[C@@H](O)[C@H](O)CO. The van der Waals surface area contributed by atoms with Crippen LogP contribution in [0.5, 0.6) is 0 Å². The summed E-state index contributed by atoms with van der Waals surface area (Å²) in [5.74, 6) is 0. The number of phosphoric ester groups is 1. The van der Waals surface area contributed by atoms with Gasteiger partial charge in [0.05, 0.1) is 19.8 Å². The number of rotatable bonds is 11. The molecule has 21 heavy (non-hydrogen) atoms. The van der Waals surface area contributed by atoms with E-state index in [4.69, 9.17) is 29.8 Å². The fraction of sp³-hybridized carbons (Fsp3) is 0.889. The lowest BCUT2D eigenvalue weighted by atomic mass is 10.0. The van der Waals surface area contributed by atoms with Gasteiger partial charge in [-0.1, -0.05) is 0 Å². The number of aldehydes is 1. The Labute approximate surface area is 119 Å². The second kappa shape index (κ2) is 9.54. The molecule has 0 rings (SSSR count). The minimum Gasteiger partial charge on any atom is -0.394 e. The molecule has 0 aliphatic heterocycles. The van der Waals surface area contributed by atoms with Gasteiger partial charge in [0.2, 0.25) is 0 Å². The van der Waals surface area contributed by atoms with Crippen molar-refractivity contribution in [2.45, 2.75) is 30.5 Å². The molecule has 7 N–H and O–H groups in total. The van der Waals surface area contributed by atoms with Crippen molar-refractivity contribution in [3.8, 4) is 0 Å². The third-order valence-electron chi connectivity index (χ3n) is 2.33. The van der Waals surface area contributed by atoms with E-state index in [0.717, 1.165) is 0 Å². The average molecular weight is 334 g/mol. The first-order valence-electron chi connectivity index (χ1n) is 5.73. The molecule has 0 bridgehead atoms. The fourth-order valence-corrected chi connectivity index (χ4v) is 1.85. The van der Waals surface area contributed by atoms with Gasteiger partial charge in [0.25, 0.3) is 0 Å². The largest absolute Gasteiger partial charge is 0.470 e. The minimum atomic E-state index is -5.15. The molecule has 126 valence electrons. The molecular formula is C9H19O11P. The number of carbonyl (C=O) groups excluding carboxylic acids is 1. The molecule has 0 saturated heterocycles. The van der Waals surface area contributed by atoms with Crippen molar-refractivity contribution in [3.63, 3.8) is 0 Å². The Bertz CT molecular complexity index is 345. The molecule has 0 saturated carbocycles. The molecule has 0 aliphatic rings. The number of hydrogen-bond donors (Lipinski definition) is 7. The molecule has 1 unspecified atom stereocenters. The summed E-state index contributed by atoms with van der Waals surface area (Å²) < 4.78 is 19.8. The maximum Gasteiger partial charge on any atom is 0.470 e. The van der Waals surface area contributed by atoms with E-state index in [0.29, 0.717) is 0 Å². The van der Waals surface area contributed by atoms with Crippen LogP contribution >= 0.6 is 7.82 Å². The van der Waals surface area contributed by atoms with E-state index in [1.807, 2.05) is 0 Å². The summed E-state index contributed by atoms with van der Waals surface area (Å²) in [5.41, 5.74) is 0. The summed E-state index contributed by atoms with van der Waals surface area (Å²) in [4.78, 5) is 28.4. The molecule has 0 aromatic heterocycles. The van der Waals surface area contributed by atoms with Crippen LogP contribution in [0.3, 0.4) is 0 Å². The predicted octanol–water partition coefficient (Wildman–Crippen LogP) is -3.88. The highest BCUT2D eigenvalue weighted by atomic mass is 31.2. The zero-order valence-electron chi connectivity index (χ0n) is 10.8. The molecule has 0 aromatic carbocycles. The van der Waals surface area contributed by atoms with Gasteiger partial charge in [-0.25, -0.2) is 4.57 Å². The van der Waals surface area contributed by atoms with Crippen LogP contribution in [0.1, 0.15) is 0 Å². The van der Waals surface area contributed by atoms with Gasteiger partial charge in [0.1, 0.15) is 30.5 Å². The average Bonchev–Trinajstić information content (AvgIpc) is 2.43. The highest BCUT2D eigenvalue weighted by molar-refractivity contribution is 7.46. The smallest absolute Gasteiger partial charge is 0.394 e. The second-order valence-electron chi connectivity index (χ2n) is 4.07. The van der Waals surface area contributed by atoms with E-state index in [-0.39, 0.29) is 6.29 Å². The summed E-state index contributed by atoms with van der Waals surface area (Å²) in [6, 6.07) is 0. The summed E-state index contributed by atoms with van der Waals surface area (Å²) in [6.07, 6.45) is -9.02. The van der Waals surface area contributed by atoms with Crippen LogP contribution < -0.4 is 0 Å². The van der Waals surface area contributed by atoms with E-state index in [2.05, 4.69) is 4.52 Å². The Morgan fingerprint density at radius 1 is 1.10 bits per heavy atom. The topological polar surface area (TPSA) is 194 Å². The predicted molar refractivity (Wildman–Crippen MR) is 64.9 cm³/mol. The van der Waals surface area contributed by atoms with Crippen molar-refractivity contribution in [1.29, 1.82) is 0 Å². The first-order chi connectivity index (χ1) is 9.66. The third-order valence-corrected chi connectivity index (χ3v) is 2.84. The van der Waals surface area contributed by atoms with Gasteiger partial charge < -0.3 is 44.9 Å². The first kappa shape index (κ1) is 20.5. The van der Waals surface area contributed by atoms with Gasteiger partial charge in [0, 0.05) is 0 Å². The van der Waals surface area contributed by atoms with Crippen LogP contribution in [0.25, 0.3) is 0 Å². The molecule has 0 heterocycles. The molecule has 11 nitrogen and oxygen atoms in total. The monoisotopic (exact) mass is 334 g/mol. The minimum absolute atomic E-state index is 0.0255. The number of aliphatic hydroxyl groups excluding tert-OH is 5. The third kappa shape index (κ3) is 7.93. The zero-order chi connectivity index (χ0) is 16.6. The molecule has 0 amide bonds. The van der Waals surface area contributed by atoms with Crippen molar-refractivity contribution < 1.29 is 53.9 Å². The zero-order valence-corrected chi connectivity index (χ0v) is 11.7. The Balaban J connectivity index is 5.04. The molecular weight excluding hydrogens is 315 g/mol. The number of phosphoric acid groups is 1. The summed E-state index contributed by atoms with van der Waals surface area (Å²) in [7, 11) is -5.15. The summed E-state index contributed by atoms with van der Waals surface area (Å²) in [5, 5.41) is 45.3. The van der Waals surface area contributed by atoms with Crippen LogP contribution in [-0.2, 0) is 18.6 Å². The Hall–Kier alpha value is -0.460. The van der Waals surface area contributed by atoms with Crippen LogP contribution in [0.15, 0.2) is 0 Å². The highest BCUT2D eigenvalue weighted by Crippen LogP contribution is 2.39. The Kier molecular flexibility index (Phi) is 9.33. The number of ether oxygens (including phenoxy) is 1. The molecule has 5 atom stereocenters. The molecule has 12 heteroatoms. The maximum atomic E-state index is 10.9. The van der Waals surface area contributed by atoms with Gasteiger partial charge in [-0.3, -0.25) is 4.52 Å². The maximum absolute atomic E-state index is 10.9. The molecule has 0 aromatic rings. The first-order valence-corrected chi connectivity index (χ1v) is 7.26. The molecule has 0 fully saturated rings. The van der Waals surface area contributed by atoms with E-state index in [9.17, 15) is 19.6 Å². The number of aliphatic hydroxyl groups is 5. The van der Waals surface area contributed by atoms with Crippen molar-refractivity contribution in [1.82, 2.24) is 0 Å². The molecule has 0 radical (unpaired) electrons. The van der Waals surface area contributed by atoms with Crippen LogP contribution in [0.2, 0.25) is 0 Å². The van der Waals surface area contributed by atoms with Gasteiger partial charge in [0.15, 0.2) is 6.29 Å². The van der Waals surface area contributed by atoms with Crippen LogP contribution in [-0.4, -0.2) is 91.9 Å². The second-order valence-corrected chi connectivity index (χ2v) is 5.26. The lowest BCUT2D eigenvalue weighted by Gasteiger charge is -2.30. The highest BCUT2D eigenvalue weighted by Gasteiger charge is 2.39. The van der Waals surface area contributed by atoms with E-state index >= 15 is 0 Å². The number of hydrogen-bond acceptors (Lipinski definition) is 9. The fourth-order valence-electron chi connectivity index (χ4n) is 1.29. The number of carbonyl (C=O) groups is 1.